The van der Waals surface area contributed by atoms with E-state index in [0.29, 0.717) is 37.7 Å². The van der Waals surface area contributed by atoms with Crippen LogP contribution in [0.5, 0.6) is 0 Å². The normalized spacial score (nSPS) is 16.8. The Hall–Kier alpha value is -2.57. The van der Waals surface area contributed by atoms with Gasteiger partial charge in [0.05, 0.1) is 31.6 Å². The van der Waals surface area contributed by atoms with Crippen molar-refractivity contribution in [2.75, 3.05) is 6.54 Å². The maximum absolute atomic E-state index is 12.6. The van der Waals surface area contributed by atoms with Gasteiger partial charge in [-0.15, -0.1) is 0 Å². The Balaban J connectivity index is 1.67. The van der Waals surface area contributed by atoms with Crippen LogP contribution in [-0.4, -0.2) is 33.0 Å². The molecule has 7 nitrogen and oxygen atoms in total. The molecule has 0 radical (unpaired) electrons. The summed E-state index contributed by atoms with van der Waals surface area (Å²) in [4.78, 5) is 26.9. The van der Waals surface area contributed by atoms with Crippen molar-refractivity contribution >= 4 is 11.8 Å². The summed E-state index contributed by atoms with van der Waals surface area (Å²) in [7, 11) is 0. The molecule has 0 saturated carbocycles. The van der Waals surface area contributed by atoms with Crippen LogP contribution < -0.4 is 5.32 Å². The fourth-order valence-corrected chi connectivity index (χ4v) is 2.95. The van der Waals surface area contributed by atoms with Crippen molar-refractivity contribution in [1.29, 1.82) is 0 Å². The summed E-state index contributed by atoms with van der Waals surface area (Å²) in [5.74, 6) is 1.09. The van der Waals surface area contributed by atoms with Crippen molar-refractivity contribution in [1.82, 2.24) is 20.0 Å². The summed E-state index contributed by atoms with van der Waals surface area (Å²) in [6.45, 7) is 5.36. The minimum atomic E-state index is -0.517. The second-order valence-electron chi connectivity index (χ2n) is 6.79. The highest BCUT2D eigenvalue weighted by molar-refractivity contribution is 5.82. The van der Waals surface area contributed by atoms with Gasteiger partial charge in [0.25, 0.3) is 0 Å². The predicted octanol–water partition coefficient (Wildman–Crippen LogP) is 2.11. The molecule has 3 rings (SSSR count). The Morgan fingerprint density at radius 3 is 2.96 bits per heavy atom. The fraction of sp³-hybridized carbons (Fsp3) is 0.500. The van der Waals surface area contributed by atoms with E-state index < -0.39 is 6.04 Å². The molecule has 134 valence electrons. The van der Waals surface area contributed by atoms with Crippen molar-refractivity contribution in [3.8, 4) is 0 Å². The molecule has 2 aromatic rings. The van der Waals surface area contributed by atoms with E-state index in [4.69, 9.17) is 4.42 Å². The zero-order chi connectivity index (χ0) is 17.8. The van der Waals surface area contributed by atoms with Crippen LogP contribution in [0.4, 0.5) is 0 Å². The lowest BCUT2D eigenvalue weighted by atomic mass is 10.1. The van der Waals surface area contributed by atoms with Gasteiger partial charge in [0, 0.05) is 12.6 Å². The number of carbonyl (C=O) groups excluding carboxylic acids is 2. The molecule has 0 fully saturated rings. The van der Waals surface area contributed by atoms with Crippen LogP contribution in [0, 0.1) is 5.92 Å². The van der Waals surface area contributed by atoms with Crippen LogP contribution in [-0.2, 0) is 22.7 Å². The monoisotopic (exact) mass is 344 g/mol. The van der Waals surface area contributed by atoms with E-state index in [1.54, 1.807) is 28.1 Å². The van der Waals surface area contributed by atoms with Gasteiger partial charge in [-0.05, 0) is 30.5 Å². The second-order valence-corrected chi connectivity index (χ2v) is 6.79. The topological polar surface area (TPSA) is 80.4 Å². The van der Waals surface area contributed by atoms with E-state index in [2.05, 4.69) is 24.3 Å². The lowest BCUT2D eigenvalue weighted by molar-refractivity contribution is -0.135. The number of hydrogen-bond donors (Lipinski definition) is 1. The fourth-order valence-electron chi connectivity index (χ4n) is 2.95. The van der Waals surface area contributed by atoms with Gasteiger partial charge in [-0.3, -0.25) is 14.3 Å². The highest BCUT2D eigenvalue weighted by atomic mass is 16.3. The number of furan rings is 1. The summed E-state index contributed by atoms with van der Waals surface area (Å²) < 4.78 is 6.95. The summed E-state index contributed by atoms with van der Waals surface area (Å²) in [5, 5.41) is 7.13. The average molecular weight is 344 g/mol. The molecule has 1 aliphatic rings. The number of nitrogens with one attached hydrogen (secondary N) is 1. The first-order valence-electron chi connectivity index (χ1n) is 8.65. The van der Waals surface area contributed by atoms with Gasteiger partial charge in [-0.1, -0.05) is 13.8 Å². The van der Waals surface area contributed by atoms with Gasteiger partial charge in [-0.25, -0.2) is 0 Å². The maximum atomic E-state index is 12.6. The van der Waals surface area contributed by atoms with E-state index in [-0.39, 0.29) is 11.8 Å². The van der Waals surface area contributed by atoms with Crippen molar-refractivity contribution in [2.24, 2.45) is 5.92 Å². The van der Waals surface area contributed by atoms with Gasteiger partial charge in [0.1, 0.15) is 11.8 Å². The molecule has 0 aromatic carbocycles. The van der Waals surface area contributed by atoms with E-state index in [1.165, 1.54) is 0 Å². The third-order valence-electron chi connectivity index (χ3n) is 4.40. The van der Waals surface area contributed by atoms with Crippen LogP contribution in [0.2, 0.25) is 0 Å². The number of amides is 2. The zero-order valence-corrected chi connectivity index (χ0v) is 14.6. The zero-order valence-electron chi connectivity index (χ0n) is 14.6. The number of nitrogens with zero attached hydrogens (tertiary/aromatic N) is 3. The van der Waals surface area contributed by atoms with Gasteiger partial charge in [-0.2, -0.15) is 5.10 Å². The van der Waals surface area contributed by atoms with Gasteiger partial charge in [0.2, 0.25) is 11.8 Å². The van der Waals surface area contributed by atoms with E-state index in [1.807, 2.05) is 12.1 Å². The maximum Gasteiger partial charge on any atom is 0.247 e. The van der Waals surface area contributed by atoms with Crippen LogP contribution >= 0.6 is 0 Å². The summed E-state index contributed by atoms with van der Waals surface area (Å²) in [6, 6.07) is 4.93. The Kier molecular flexibility index (Phi) is 5.21. The number of fused-ring (bicyclic) bond motifs is 1. The first-order valence-corrected chi connectivity index (χ1v) is 8.65. The van der Waals surface area contributed by atoms with Crippen LogP contribution in [0.15, 0.2) is 35.1 Å². The molecule has 7 heteroatoms. The standard InChI is InChI=1S/C18H24N4O3/c1-13(2)5-6-17(23)21-11-14-7-8-20-22(14)16(12-21)18(24)19-10-15-4-3-9-25-15/h3-4,7-9,13,16H,5-6,10-12H2,1-2H3,(H,19,24). The summed E-state index contributed by atoms with van der Waals surface area (Å²) in [5.41, 5.74) is 0.877. The molecule has 0 aliphatic carbocycles. The predicted molar refractivity (Wildman–Crippen MR) is 91.3 cm³/mol. The molecule has 1 unspecified atom stereocenters. The van der Waals surface area contributed by atoms with E-state index >= 15 is 0 Å². The Bertz CT molecular complexity index is 721. The molecule has 25 heavy (non-hydrogen) atoms. The molecule has 3 heterocycles. The average Bonchev–Trinajstić information content (AvgIpc) is 3.27. The third kappa shape index (κ3) is 4.10. The SMILES string of the molecule is CC(C)CCC(=O)N1Cc2ccnn2C(C(=O)NCc2ccco2)C1. The van der Waals surface area contributed by atoms with Gasteiger partial charge in [0.15, 0.2) is 0 Å². The van der Waals surface area contributed by atoms with Crippen LogP contribution in [0.25, 0.3) is 0 Å². The molecule has 0 saturated heterocycles. The summed E-state index contributed by atoms with van der Waals surface area (Å²) in [6.07, 6.45) is 4.60. The van der Waals surface area contributed by atoms with Gasteiger partial charge < -0.3 is 14.6 Å². The molecule has 0 bridgehead atoms. The molecule has 1 aliphatic heterocycles. The van der Waals surface area contributed by atoms with Crippen molar-refractivity contribution in [2.45, 2.75) is 45.8 Å². The van der Waals surface area contributed by atoms with Crippen LogP contribution in [0.1, 0.15) is 44.2 Å². The quantitative estimate of drug-likeness (QED) is 0.870. The van der Waals surface area contributed by atoms with Crippen molar-refractivity contribution in [3.63, 3.8) is 0 Å². The highest BCUT2D eigenvalue weighted by Gasteiger charge is 2.32. The number of carbonyl (C=O) groups is 2. The third-order valence-corrected chi connectivity index (χ3v) is 4.40. The first kappa shape index (κ1) is 17.3. The lowest BCUT2D eigenvalue weighted by Gasteiger charge is -2.33. The Morgan fingerprint density at radius 2 is 2.24 bits per heavy atom. The molecule has 1 atom stereocenters. The molecular weight excluding hydrogens is 320 g/mol. The number of rotatable bonds is 6. The van der Waals surface area contributed by atoms with Crippen molar-refractivity contribution < 1.29 is 14.0 Å². The van der Waals surface area contributed by atoms with Crippen molar-refractivity contribution in [3.05, 3.63) is 42.1 Å². The smallest absolute Gasteiger partial charge is 0.247 e. The molecular formula is C18H24N4O3. The number of hydrogen-bond acceptors (Lipinski definition) is 4. The molecule has 0 spiro atoms. The highest BCUT2D eigenvalue weighted by Crippen LogP contribution is 2.22. The first-order chi connectivity index (χ1) is 12.0. The minimum absolute atomic E-state index is 0.0879. The lowest BCUT2D eigenvalue weighted by Crippen LogP contribution is -2.47. The molecule has 2 aromatic heterocycles. The van der Waals surface area contributed by atoms with E-state index in [9.17, 15) is 9.59 Å². The summed E-state index contributed by atoms with van der Waals surface area (Å²) >= 11 is 0. The minimum Gasteiger partial charge on any atom is -0.467 e. The largest absolute Gasteiger partial charge is 0.467 e. The second kappa shape index (κ2) is 7.55. The Morgan fingerprint density at radius 1 is 1.40 bits per heavy atom. The molecule has 2 amide bonds. The van der Waals surface area contributed by atoms with E-state index in [0.717, 1.165) is 12.1 Å². The van der Waals surface area contributed by atoms with Gasteiger partial charge >= 0.3 is 0 Å². The Labute approximate surface area is 147 Å². The van der Waals surface area contributed by atoms with Crippen LogP contribution in [0.3, 0.4) is 0 Å². The molecule has 1 N–H and O–H groups in total. The number of aromatic nitrogens is 2.